The Balaban J connectivity index is 1.64. The summed E-state index contributed by atoms with van der Waals surface area (Å²) in [6, 6.07) is 9.65. The highest BCUT2D eigenvalue weighted by atomic mass is 16.7. The minimum atomic E-state index is -0.474. The lowest BCUT2D eigenvalue weighted by Gasteiger charge is -2.32. The van der Waals surface area contributed by atoms with E-state index in [1.165, 1.54) is 6.92 Å². The molecule has 20 heavy (non-hydrogen) atoms. The smallest absolute Gasteiger partial charge is 0.217 e. The van der Waals surface area contributed by atoms with Gasteiger partial charge < -0.3 is 19.5 Å². The first-order valence-electron chi connectivity index (χ1n) is 6.88. The molecular weight excluding hydrogens is 258 g/mol. The number of fused-ring (bicyclic) bond motifs is 1. The van der Waals surface area contributed by atoms with Gasteiger partial charge in [0, 0.05) is 6.92 Å². The molecule has 0 unspecified atom stereocenters. The van der Waals surface area contributed by atoms with E-state index in [0.29, 0.717) is 6.61 Å². The molecule has 1 amide bonds. The van der Waals surface area contributed by atoms with Gasteiger partial charge in [0.2, 0.25) is 5.91 Å². The normalized spacial score (nSPS) is 35.2. The Bertz CT molecular complexity index is 478. The van der Waals surface area contributed by atoms with Gasteiger partial charge in [0.1, 0.15) is 18.2 Å². The summed E-state index contributed by atoms with van der Waals surface area (Å²) in [7, 11) is 0. The Hall–Kier alpha value is -1.43. The first kappa shape index (κ1) is 13.5. The molecule has 1 aromatic carbocycles. The number of carbonyl (C=O) groups is 1. The highest BCUT2D eigenvalue weighted by molar-refractivity contribution is 5.73. The third-order valence-corrected chi connectivity index (χ3v) is 3.65. The van der Waals surface area contributed by atoms with Crippen LogP contribution in [-0.4, -0.2) is 36.6 Å². The van der Waals surface area contributed by atoms with Gasteiger partial charge in [-0.3, -0.25) is 4.79 Å². The summed E-state index contributed by atoms with van der Waals surface area (Å²) < 4.78 is 17.2. The largest absolute Gasteiger partial charge is 0.364 e. The van der Waals surface area contributed by atoms with Crippen LogP contribution in [0.4, 0.5) is 0 Å². The summed E-state index contributed by atoms with van der Waals surface area (Å²) in [4.78, 5) is 11.3. The fourth-order valence-electron chi connectivity index (χ4n) is 2.61. The second kappa shape index (κ2) is 5.52. The molecule has 0 spiro atoms. The highest BCUT2D eigenvalue weighted by Crippen LogP contribution is 2.37. The van der Waals surface area contributed by atoms with Gasteiger partial charge in [-0.25, -0.2) is 0 Å². The van der Waals surface area contributed by atoms with Crippen molar-refractivity contribution in [3.05, 3.63) is 35.9 Å². The number of epoxide rings is 1. The van der Waals surface area contributed by atoms with Gasteiger partial charge in [0.15, 0.2) is 6.29 Å². The topological polar surface area (TPSA) is 60.1 Å². The molecular formula is C15H19NO4. The van der Waals surface area contributed by atoms with Crippen LogP contribution in [0, 0.1) is 0 Å². The summed E-state index contributed by atoms with van der Waals surface area (Å²) in [6.45, 7) is 3.91. The lowest BCUT2D eigenvalue weighted by atomic mass is 10.0. The number of hydrogen-bond acceptors (Lipinski definition) is 4. The Kier molecular flexibility index (Phi) is 3.74. The van der Waals surface area contributed by atoms with E-state index in [9.17, 15) is 4.79 Å². The third kappa shape index (κ3) is 2.85. The zero-order chi connectivity index (χ0) is 14.1. The monoisotopic (exact) mass is 277 g/mol. The SMILES string of the molecule is CC(=O)N[C@H]1[C@H](OCc2ccccc2)O[C@@H](C)[C@H]2O[C@@H]12. The van der Waals surface area contributed by atoms with Crippen LogP contribution >= 0.6 is 0 Å². The molecule has 0 radical (unpaired) electrons. The summed E-state index contributed by atoms with van der Waals surface area (Å²) in [5.74, 6) is -0.101. The van der Waals surface area contributed by atoms with Gasteiger partial charge in [-0.05, 0) is 12.5 Å². The van der Waals surface area contributed by atoms with Crippen molar-refractivity contribution < 1.29 is 19.0 Å². The predicted molar refractivity (Wildman–Crippen MR) is 71.8 cm³/mol. The van der Waals surface area contributed by atoms with Crippen LogP contribution in [0.25, 0.3) is 0 Å². The van der Waals surface area contributed by atoms with Gasteiger partial charge in [0.25, 0.3) is 0 Å². The van der Waals surface area contributed by atoms with Crippen LogP contribution in [0.5, 0.6) is 0 Å². The number of benzene rings is 1. The van der Waals surface area contributed by atoms with E-state index in [0.717, 1.165) is 5.56 Å². The molecule has 1 N–H and O–H groups in total. The molecule has 2 heterocycles. The van der Waals surface area contributed by atoms with Gasteiger partial charge in [-0.1, -0.05) is 30.3 Å². The van der Waals surface area contributed by atoms with E-state index in [-0.39, 0.29) is 30.3 Å². The van der Waals surface area contributed by atoms with E-state index in [4.69, 9.17) is 14.2 Å². The molecule has 0 saturated carbocycles. The van der Waals surface area contributed by atoms with Gasteiger partial charge in [0.05, 0.1) is 12.7 Å². The molecule has 0 bridgehead atoms. The molecule has 2 saturated heterocycles. The van der Waals surface area contributed by atoms with Crippen molar-refractivity contribution in [3.8, 4) is 0 Å². The molecule has 5 nitrogen and oxygen atoms in total. The molecule has 2 aliphatic rings. The van der Waals surface area contributed by atoms with Crippen molar-refractivity contribution in [1.29, 1.82) is 0 Å². The standard InChI is InChI=1S/C15H19NO4/c1-9-13-14(20-13)12(16-10(2)17)15(19-9)18-8-11-6-4-3-5-7-11/h3-7,9,12-15H,8H2,1-2H3,(H,16,17)/t9-,12+,13+,14-,15+/m0/s1. The lowest BCUT2D eigenvalue weighted by Crippen LogP contribution is -2.54. The average molecular weight is 277 g/mol. The molecule has 0 aliphatic carbocycles. The zero-order valence-electron chi connectivity index (χ0n) is 11.6. The maximum absolute atomic E-state index is 11.3. The number of carbonyl (C=O) groups excluding carboxylic acids is 1. The quantitative estimate of drug-likeness (QED) is 0.841. The van der Waals surface area contributed by atoms with Crippen molar-refractivity contribution in [2.24, 2.45) is 0 Å². The van der Waals surface area contributed by atoms with Crippen molar-refractivity contribution in [2.45, 2.75) is 51.1 Å². The molecule has 0 aromatic heterocycles. The number of nitrogens with one attached hydrogen (secondary N) is 1. The summed E-state index contributed by atoms with van der Waals surface area (Å²) >= 11 is 0. The van der Waals surface area contributed by atoms with Gasteiger partial charge in [-0.2, -0.15) is 0 Å². The molecule has 5 heteroatoms. The van der Waals surface area contributed by atoms with Gasteiger partial charge >= 0.3 is 0 Å². The molecule has 2 fully saturated rings. The fourth-order valence-corrected chi connectivity index (χ4v) is 2.61. The lowest BCUT2D eigenvalue weighted by molar-refractivity contribution is -0.200. The third-order valence-electron chi connectivity index (χ3n) is 3.65. The molecule has 2 aliphatic heterocycles. The van der Waals surface area contributed by atoms with E-state index < -0.39 is 6.29 Å². The minimum absolute atomic E-state index is 0.00317. The summed E-state index contributed by atoms with van der Waals surface area (Å²) in [6.07, 6.45) is -0.407. The van der Waals surface area contributed by atoms with Crippen LogP contribution in [0.3, 0.4) is 0 Å². The molecule has 1 aromatic rings. The maximum Gasteiger partial charge on any atom is 0.217 e. The Morgan fingerprint density at radius 2 is 2.00 bits per heavy atom. The second-order valence-corrected chi connectivity index (χ2v) is 5.30. The molecule has 5 atom stereocenters. The summed E-state index contributed by atoms with van der Waals surface area (Å²) in [5.41, 5.74) is 1.07. The summed E-state index contributed by atoms with van der Waals surface area (Å²) in [5, 5.41) is 2.87. The van der Waals surface area contributed by atoms with E-state index in [1.807, 2.05) is 37.3 Å². The van der Waals surface area contributed by atoms with Crippen molar-refractivity contribution >= 4 is 5.91 Å². The van der Waals surface area contributed by atoms with E-state index in [2.05, 4.69) is 5.32 Å². The average Bonchev–Trinajstić information content (AvgIpc) is 3.22. The number of ether oxygens (including phenoxy) is 3. The fraction of sp³-hybridized carbons (Fsp3) is 0.533. The zero-order valence-corrected chi connectivity index (χ0v) is 11.6. The number of hydrogen-bond donors (Lipinski definition) is 1. The first-order valence-corrected chi connectivity index (χ1v) is 6.88. The van der Waals surface area contributed by atoms with E-state index >= 15 is 0 Å². The van der Waals surface area contributed by atoms with Crippen LogP contribution in [0.2, 0.25) is 0 Å². The Labute approximate surface area is 118 Å². The van der Waals surface area contributed by atoms with Crippen LogP contribution in [-0.2, 0) is 25.6 Å². The number of amides is 1. The maximum atomic E-state index is 11.3. The molecule has 108 valence electrons. The van der Waals surface area contributed by atoms with Crippen LogP contribution in [0.1, 0.15) is 19.4 Å². The van der Waals surface area contributed by atoms with Crippen LogP contribution in [0.15, 0.2) is 30.3 Å². The first-order chi connectivity index (χ1) is 9.65. The number of rotatable bonds is 4. The van der Waals surface area contributed by atoms with E-state index in [1.54, 1.807) is 0 Å². The Morgan fingerprint density at radius 3 is 2.70 bits per heavy atom. The highest BCUT2D eigenvalue weighted by Gasteiger charge is 2.57. The van der Waals surface area contributed by atoms with Crippen molar-refractivity contribution in [1.82, 2.24) is 5.32 Å². The minimum Gasteiger partial charge on any atom is -0.364 e. The van der Waals surface area contributed by atoms with Gasteiger partial charge in [-0.15, -0.1) is 0 Å². The predicted octanol–water partition coefficient (Wildman–Crippen LogP) is 1.22. The second-order valence-electron chi connectivity index (χ2n) is 5.30. The van der Waals surface area contributed by atoms with Crippen molar-refractivity contribution in [2.75, 3.05) is 0 Å². The molecule has 3 rings (SSSR count). The van der Waals surface area contributed by atoms with Crippen molar-refractivity contribution in [3.63, 3.8) is 0 Å². The van der Waals surface area contributed by atoms with Crippen LogP contribution < -0.4 is 5.32 Å². The Morgan fingerprint density at radius 1 is 1.25 bits per heavy atom.